The number of benzene rings is 2. The van der Waals surface area contributed by atoms with Crippen LogP contribution in [0.3, 0.4) is 0 Å². The highest BCUT2D eigenvalue weighted by molar-refractivity contribution is 7.12. The van der Waals surface area contributed by atoms with E-state index >= 15 is 0 Å². The lowest BCUT2D eigenvalue weighted by atomic mass is 9.85. The standard InChI is InChI=1S/C26H24Cl2N4O5S/c1-25(2,19-16(27)11-15(12-17(19)28)32-24(35)30-18(33)13-29-32)23-31-20(14-7-5-4-6-8-14)21(38-23)22(34)26(3)36-9-10-37-26/h4-8,11-13,22,34H,9-10H2,1-3H3,(H,30,33,35). The molecule has 2 aromatic carbocycles. The van der Waals surface area contributed by atoms with Crippen molar-refractivity contribution in [3.63, 3.8) is 0 Å². The van der Waals surface area contributed by atoms with Crippen molar-refractivity contribution in [1.82, 2.24) is 19.7 Å². The summed E-state index contributed by atoms with van der Waals surface area (Å²) in [5.41, 5.74) is 0.185. The molecule has 0 saturated carbocycles. The lowest BCUT2D eigenvalue weighted by Crippen LogP contribution is -2.33. The predicted octanol–water partition coefficient (Wildman–Crippen LogP) is 4.47. The Morgan fingerprint density at radius 2 is 1.76 bits per heavy atom. The average Bonchev–Trinajstić information content (AvgIpc) is 3.51. The summed E-state index contributed by atoms with van der Waals surface area (Å²) >= 11 is 14.8. The molecule has 0 amide bonds. The van der Waals surface area contributed by atoms with Gasteiger partial charge in [0.2, 0.25) is 0 Å². The number of hydrogen-bond acceptors (Lipinski definition) is 8. The first-order valence-electron chi connectivity index (χ1n) is 11.7. The van der Waals surface area contributed by atoms with Gasteiger partial charge in [0, 0.05) is 26.6 Å². The topological polar surface area (TPSA) is 119 Å². The quantitative estimate of drug-likeness (QED) is 0.348. The summed E-state index contributed by atoms with van der Waals surface area (Å²) in [6.45, 7) is 6.34. The van der Waals surface area contributed by atoms with E-state index < -0.39 is 28.6 Å². The molecule has 5 rings (SSSR count). The Morgan fingerprint density at radius 1 is 1.13 bits per heavy atom. The van der Waals surface area contributed by atoms with Gasteiger partial charge in [0.1, 0.15) is 17.3 Å². The van der Waals surface area contributed by atoms with E-state index in [1.807, 2.05) is 44.2 Å². The van der Waals surface area contributed by atoms with Gasteiger partial charge in [-0.15, -0.1) is 11.3 Å². The SMILES string of the molecule is CC(C)(c1nc(-c2ccccc2)c(C(O)C2(C)OCCO2)s1)c1c(Cl)cc(-n2ncc(=O)[nH]c2=O)cc1Cl. The van der Waals surface area contributed by atoms with Gasteiger partial charge >= 0.3 is 5.69 Å². The van der Waals surface area contributed by atoms with Gasteiger partial charge in [-0.3, -0.25) is 9.78 Å². The number of rotatable bonds is 6. The van der Waals surface area contributed by atoms with Crippen molar-refractivity contribution in [2.45, 2.75) is 38.1 Å². The van der Waals surface area contributed by atoms with Crippen molar-refractivity contribution in [2.24, 2.45) is 0 Å². The Balaban J connectivity index is 1.62. The zero-order valence-corrected chi connectivity index (χ0v) is 23.0. The van der Waals surface area contributed by atoms with E-state index in [-0.39, 0.29) is 10.0 Å². The highest BCUT2D eigenvalue weighted by Gasteiger charge is 2.43. The van der Waals surface area contributed by atoms with Crippen molar-refractivity contribution < 1.29 is 14.6 Å². The first-order chi connectivity index (χ1) is 18.0. The first-order valence-corrected chi connectivity index (χ1v) is 13.3. The second-order valence-corrected chi connectivity index (χ2v) is 11.3. The van der Waals surface area contributed by atoms with Crippen LogP contribution in [0.5, 0.6) is 0 Å². The number of aliphatic hydroxyl groups is 1. The van der Waals surface area contributed by atoms with E-state index in [0.717, 1.165) is 16.4 Å². The molecular weight excluding hydrogens is 551 g/mol. The summed E-state index contributed by atoms with van der Waals surface area (Å²) in [5, 5.41) is 16.5. The molecule has 0 spiro atoms. The molecule has 1 aliphatic rings. The fourth-order valence-corrected chi connectivity index (χ4v) is 6.67. The summed E-state index contributed by atoms with van der Waals surface area (Å²) in [5.74, 6) is -1.20. The minimum Gasteiger partial charge on any atom is -0.382 e. The van der Waals surface area contributed by atoms with Crippen molar-refractivity contribution >= 4 is 34.5 Å². The molecule has 12 heteroatoms. The van der Waals surface area contributed by atoms with E-state index in [4.69, 9.17) is 37.7 Å². The summed E-state index contributed by atoms with van der Waals surface area (Å²) in [6, 6.07) is 12.7. The fraction of sp³-hybridized carbons (Fsp3) is 0.308. The van der Waals surface area contributed by atoms with Crippen molar-refractivity contribution in [3.8, 4) is 16.9 Å². The van der Waals surface area contributed by atoms with Gasteiger partial charge in [0.15, 0.2) is 5.79 Å². The number of halogens is 2. The van der Waals surface area contributed by atoms with Gasteiger partial charge < -0.3 is 14.6 Å². The van der Waals surface area contributed by atoms with Gasteiger partial charge in [-0.25, -0.2) is 9.78 Å². The first kappa shape index (κ1) is 26.7. The Kier molecular flexibility index (Phi) is 7.06. The summed E-state index contributed by atoms with van der Waals surface area (Å²) in [7, 11) is 0. The van der Waals surface area contributed by atoms with Crippen molar-refractivity contribution in [2.75, 3.05) is 13.2 Å². The average molecular weight is 575 g/mol. The van der Waals surface area contributed by atoms with Crippen LogP contribution in [0.25, 0.3) is 16.9 Å². The molecule has 1 saturated heterocycles. The molecule has 2 aromatic heterocycles. The van der Waals surface area contributed by atoms with Crippen LogP contribution in [0.15, 0.2) is 58.3 Å². The summed E-state index contributed by atoms with van der Waals surface area (Å²) in [6.07, 6.45) is -0.0962. The lowest BCUT2D eigenvalue weighted by molar-refractivity contribution is -0.208. The van der Waals surface area contributed by atoms with E-state index in [2.05, 4.69) is 10.1 Å². The van der Waals surface area contributed by atoms with Crippen LogP contribution < -0.4 is 11.2 Å². The lowest BCUT2D eigenvalue weighted by Gasteiger charge is -2.28. The summed E-state index contributed by atoms with van der Waals surface area (Å²) in [4.78, 5) is 31.4. The Hall–Kier alpha value is -2.86. The maximum atomic E-state index is 12.2. The smallest absolute Gasteiger partial charge is 0.349 e. The molecule has 2 N–H and O–H groups in total. The van der Waals surface area contributed by atoms with Gasteiger partial charge in [-0.05, 0) is 32.9 Å². The molecule has 1 unspecified atom stereocenters. The minimum absolute atomic E-state index is 0.283. The number of nitrogens with one attached hydrogen (secondary N) is 1. The van der Waals surface area contributed by atoms with E-state index in [1.165, 1.54) is 11.3 Å². The summed E-state index contributed by atoms with van der Waals surface area (Å²) < 4.78 is 12.5. The maximum absolute atomic E-state index is 12.2. The number of thiazole rings is 1. The molecule has 3 heterocycles. The van der Waals surface area contributed by atoms with Crippen molar-refractivity contribution in [1.29, 1.82) is 0 Å². The molecule has 38 heavy (non-hydrogen) atoms. The molecule has 1 fully saturated rings. The molecule has 1 atom stereocenters. The molecule has 198 valence electrons. The molecule has 0 radical (unpaired) electrons. The Labute approximate surface area is 231 Å². The molecule has 0 bridgehead atoms. The van der Waals surface area contributed by atoms with Crippen molar-refractivity contribution in [3.05, 3.63) is 95.0 Å². The fourth-order valence-electron chi connectivity index (χ4n) is 4.44. The molecule has 0 aliphatic carbocycles. The van der Waals surface area contributed by atoms with Gasteiger partial charge in [0.25, 0.3) is 5.56 Å². The second kappa shape index (κ2) is 10.0. The maximum Gasteiger partial charge on any atom is 0.349 e. The van der Waals surface area contributed by atoms with Gasteiger partial charge in [-0.2, -0.15) is 9.78 Å². The molecular formula is C26H24Cl2N4O5S. The Morgan fingerprint density at radius 3 is 2.37 bits per heavy atom. The van der Waals surface area contributed by atoms with Crippen LogP contribution in [-0.4, -0.2) is 43.9 Å². The predicted molar refractivity (Wildman–Crippen MR) is 145 cm³/mol. The third kappa shape index (κ3) is 4.72. The third-order valence-corrected chi connectivity index (χ3v) is 8.48. The number of aromatic amines is 1. The third-order valence-electron chi connectivity index (χ3n) is 6.45. The number of ether oxygens (including phenoxy) is 2. The zero-order chi connectivity index (χ0) is 27.2. The number of aliphatic hydroxyl groups excluding tert-OH is 1. The van der Waals surface area contributed by atoms with Crippen LogP contribution in [0.4, 0.5) is 0 Å². The largest absolute Gasteiger partial charge is 0.382 e. The minimum atomic E-state index is -1.20. The molecule has 1 aliphatic heterocycles. The number of aromatic nitrogens is 4. The van der Waals surface area contributed by atoms with Gasteiger partial charge in [-0.1, -0.05) is 53.5 Å². The van der Waals surface area contributed by atoms with Crippen LogP contribution in [0.2, 0.25) is 10.0 Å². The molecule has 9 nitrogen and oxygen atoms in total. The van der Waals surface area contributed by atoms with Crippen LogP contribution in [0.1, 0.15) is 42.3 Å². The van der Waals surface area contributed by atoms with E-state index in [0.29, 0.717) is 40.0 Å². The van der Waals surface area contributed by atoms with Gasteiger partial charge in [0.05, 0.1) is 29.5 Å². The van der Waals surface area contributed by atoms with E-state index in [1.54, 1.807) is 19.1 Å². The Bertz CT molecular complexity index is 1590. The number of H-pyrrole nitrogens is 1. The highest BCUT2D eigenvalue weighted by Crippen LogP contribution is 2.47. The normalized spacial score (nSPS) is 16.1. The van der Waals surface area contributed by atoms with E-state index in [9.17, 15) is 14.7 Å². The number of hydrogen-bond donors (Lipinski definition) is 2. The van der Waals surface area contributed by atoms with Crippen LogP contribution >= 0.6 is 34.5 Å². The monoisotopic (exact) mass is 574 g/mol. The van der Waals surface area contributed by atoms with Crippen LogP contribution in [-0.2, 0) is 14.9 Å². The highest BCUT2D eigenvalue weighted by atomic mass is 35.5. The van der Waals surface area contributed by atoms with Crippen LogP contribution in [0, 0.1) is 0 Å². The second-order valence-electron chi connectivity index (χ2n) is 9.47. The zero-order valence-electron chi connectivity index (χ0n) is 20.7. The molecule has 4 aromatic rings. The number of nitrogens with zero attached hydrogens (tertiary/aromatic N) is 3.